The van der Waals surface area contributed by atoms with Gasteiger partial charge in [0.1, 0.15) is 17.4 Å². The number of carbonyl (C=O) groups excluding carboxylic acids is 3. The molecule has 1 amide bonds. The van der Waals surface area contributed by atoms with E-state index >= 15 is 0 Å². The standard InChI is InChI=1S/C13H17NO7.Na/c1-13(2,3)8-6(11(17)18)14-9(16)5(10(14)21-8)7(15)12(19)20-4;/h5,7,10,15H,1-4H3,(H,17,18);/q;+1/p-1/t5-,7-,10+;/m0./s1. The Morgan fingerprint density at radius 3 is 2.36 bits per heavy atom. The Labute approximate surface area is 149 Å². The molecule has 1 fully saturated rings. The predicted octanol–water partition coefficient (Wildman–Crippen LogP) is -4.65. The summed E-state index contributed by atoms with van der Waals surface area (Å²) in [7, 11) is 1.08. The number of fused-ring (bicyclic) bond motifs is 1. The smallest absolute Gasteiger partial charge is 0.543 e. The molecule has 0 aromatic carbocycles. The minimum absolute atomic E-state index is 0. The average molecular weight is 321 g/mol. The molecular formula is C13H16NNaO7. The van der Waals surface area contributed by atoms with Crippen LogP contribution in [0.5, 0.6) is 0 Å². The van der Waals surface area contributed by atoms with Gasteiger partial charge < -0.3 is 24.5 Å². The van der Waals surface area contributed by atoms with Crippen molar-refractivity contribution in [1.29, 1.82) is 0 Å². The summed E-state index contributed by atoms with van der Waals surface area (Å²) in [6, 6.07) is 0. The van der Waals surface area contributed by atoms with Gasteiger partial charge in [-0.1, -0.05) is 20.8 Å². The average Bonchev–Trinajstić information content (AvgIpc) is 2.73. The maximum absolute atomic E-state index is 12.0. The van der Waals surface area contributed by atoms with Gasteiger partial charge in [-0.2, -0.15) is 0 Å². The third kappa shape index (κ3) is 2.76. The van der Waals surface area contributed by atoms with E-state index in [4.69, 9.17) is 4.74 Å². The van der Waals surface area contributed by atoms with Gasteiger partial charge in [0, 0.05) is 5.41 Å². The summed E-state index contributed by atoms with van der Waals surface area (Å²) < 4.78 is 9.87. The summed E-state index contributed by atoms with van der Waals surface area (Å²) in [4.78, 5) is 35.5. The molecule has 8 nitrogen and oxygen atoms in total. The second-order valence-electron chi connectivity index (χ2n) is 5.93. The summed E-state index contributed by atoms with van der Waals surface area (Å²) in [5, 5.41) is 21.0. The van der Waals surface area contributed by atoms with Crippen molar-refractivity contribution in [2.45, 2.75) is 33.1 Å². The van der Waals surface area contributed by atoms with Gasteiger partial charge in [-0.3, -0.25) is 9.69 Å². The molecular weight excluding hydrogens is 305 g/mol. The minimum Gasteiger partial charge on any atom is -0.543 e. The number of nitrogens with zero attached hydrogens (tertiary/aromatic N) is 1. The van der Waals surface area contributed by atoms with Crippen molar-refractivity contribution in [3.05, 3.63) is 11.5 Å². The number of aliphatic carboxylic acids is 1. The predicted molar refractivity (Wildman–Crippen MR) is 64.7 cm³/mol. The Bertz CT molecular complexity index is 551. The van der Waals surface area contributed by atoms with E-state index in [1.807, 2.05) is 0 Å². The van der Waals surface area contributed by atoms with E-state index < -0.39 is 41.5 Å². The first-order valence-electron chi connectivity index (χ1n) is 6.33. The molecule has 0 bridgehead atoms. The number of hydrogen-bond donors (Lipinski definition) is 1. The molecule has 0 aromatic rings. The number of esters is 1. The summed E-state index contributed by atoms with van der Waals surface area (Å²) in [6.07, 6.45) is -2.74. The number of rotatable bonds is 3. The van der Waals surface area contributed by atoms with Crippen molar-refractivity contribution in [3.63, 3.8) is 0 Å². The van der Waals surface area contributed by atoms with Gasteiger partial charge in [0.15, 0.2) is 12.3 Å². The van der Waals surface area contributed by atoms with Gasteiger partial charge in [0.2, 0.25) is 5.91 Å². The van der Waals surface area contributed by atoms with Crippen LogP contribution in [-0.4, -0.2) is 47.3 Å². The molecule has 1 saturated heterocycles. The van der Waals surface area contributed by atoms with Crippen molar-refractivity contribution in [2.75, 3.05) is 7.11 Å². The number of carboxylic acid groups (broad SMARTS) is 1. The topological polar surface area (TPSA) is 116 Å². The number of carbonyl (C=O) groups is 3. The van der Waals surface area contributed by atoms with E-state index in [9.17, 15) is 24.6 Å². The molecule has 0 aromatic heterocycles. The number of carboxylic acids is 1. The number of hydrogen-bond acceptors (Lipinski definition) is 7. The molecule has 2 aliphatic rings. The van der Waals surface area contributed by atoms with E-state index in [-0.39, 0.29) is 41.0 Å². The van der Waals surface area contributed by atoms with Gasteiger partial charge in [0.25, 0.3) is 0 Å². The normalized spacial score (nSPS) is 24.8. The van der Waals surface area contributed by atoms with Crippen molar-refractivity contribution in [2.24, 2.45) is 11.3 Å². The van der Waals surface area contributed by atoms with Crippen LogP contribution in [0.2, 0.25) is 0 Å². The number of aliphatic hydroxyl groups excluding tert-OH is 1. The Morgan fingerprint density at radius 2 is 1.95 bits per heavy atom. The number of β-lactam (4-membered cyclic amide) rings is 1. The van der Waals surface area contributed by atoms with Crippen molar-refractivity contribution in [3.8, 4) is 0 Å². The fraction of sp³-hybridized carbons (Fsp3) is 0.615. The molecule has 0 unspecified atom stereocenters. The number of allylic oxidation sites excluding steroid dienone is 1. The summed E-state index contributed by atoms with van der Waals surface area (Å²) in [5.74, 6) is -4.33. The van der Waals surface area contributed by atoms with Crippen LogP contribution in [0.3, 0.4) is 0 Å². The molecule has 3 atom stereocenters. The maximum atomic E-state index is 12.0. The van der Waals surface area contributed by atoms with E-state index in [0.717, 1.165) is 12.0 Å². The van der Waals surface area contributed by atoms with Gasteiger partial charge in [0.05, 0.1) is 13.1 Å². The van der Waals surface area contributed by atoms with Gasteiger partial charge >= 0.3 is 35.5 Å². The molecule has 1 N–H and O–H groups in total. The number of methoxy groups -OCH3 is 1. The van der Waals surface area contributed by atoms with Crippen LogP contribution in [0.15, 0.2) is 11.5 Å². The van der Waals surface area contributed by atoms with Gasteiger partial charge in [-0.05, 0) is 0 Å². The summed E-state index contributed by atoms with van der Waals surface area (Å²) >= 11 is 0. The second-order valence-corrected chi connectivity index (χ2v) is 5.93. The zero-order valence-electron chi connectivity index (χ0n) is 13.1. The molecule has 0 aliphatic carbocycles. The van der Waals surface area contributed by atoms with Gasteiger partial charge in [-0.25, -0.2) is 4.79 Å². The molecule has 2 rings (SSSR count). The molecule has 0 saturated carbocycles. The fourth-order valence-electron chi connectivity index (χ4n) is 2.42. The monoisotopic (exact) mass is 321 g/mol. The van der Waals surface area contributed by atoms with Crippen molar-refractivity contribution >= 4 is 17.8 Å². The fourth-order valence-corrected chi connectivity index (χ4v) is 2.42. The maximum Gasteiger partial charge on any atom is 1.00 e. The second kappa shape index (κ2) is 6.19. The van der Waals surface area contributed by atoms with Crippen LogP contribution in [0.25, 0.3) is 0 Å². The van der Waals surface area contributed by atoms with Crippen LogP contribution in [-0.2, 0) is 23.9 Å². The van der Waals surface area contributed by atoms with Crippen molar-refractivity contribution in [1.82, 2.24) is 4.90 Å². The van der Waals surface area contributed by atoms with Crippen LogP contribution in [0.1, 0.15) is 20.8 Å². The zero-order chi connectivity index (χ0) is 16.1. The third-order valence-electron chi connectivity index (χ3n) is 3.44. The molecule has 2 aliphatic heterocycles. The molecule has 22 heavy (non-hydrogen) atoms. The zero-order valence-corrected chi connectivity index (χ0v) is 15.1. The number of amides is 1. The van der Waals surface area contributed by atoms with Gasteiger partial charge in [-0.15, -0.1) is 0 Å². The van der Waals surface area contributed by atoms with Crippen LogP contribution in [0, 0.1) is 11.3 Å². The van der Waals surface area contributed by atoms with Crippen LogP contribution < -0.4 is 34.7 Å². The van der Waals surface area contributed by atoms with Crippen molar-refractivity contribution < 1.29 is 63.6 Å². The van der Waals surface area contributed by atoms with E-state index in [1.165, 1.54) is 0 Å². The largest absolute Gasteiger partial charge is 1.00 e. The summed E-state index contributed by atoms with van der Waals surface area (Å²) in [6.45, 7) is 5.15. The Kier molecular flexibility index (Phi) is 5.34. The van der Waals surface area contributed by atoms with Crippen LogP contribution >= 0.6 is 0 Å². The third-order valence-corrected chi connectivity index (χ3v) is 3.44. The molecule has 9 heteroatoms. The van der Waals surface area contributed by atoms with Crippen LogP contribution in [0.4, 0.5) is 0 Å². The van der Waals surface area contributed by atoms with E-state index in [0.29, 0.717) is 0 Å². The minimum atomic E-state index is -1.70. The molecule has 116 valence electrons. The first-order chi connectivity index (χ1) is 9.61. The first-order valence-corrected chi connectivity index (χ1v) is 6.33. The quantitative estimate of drug-likeness (QED) is 0.316. The number of ether oxygens (including phenoxy) is 2. The SMILES string of the molecule is COC(=O)[C@@H](O)[C@H]1C(=O)N2C(C(=O)[O-])=C(C(C)(C)C)O[C@H]12.[Na+]. The molecule has 0 spiro atoms. The molecule has 2 heterocycles. The Hall–Kier alpha value is -1.09. The molecule has 0 radical (unpaired) electrons. The number of aliphatic hydroxyl groups is 1. The van der Waals surface area contributed by atoms with E-state index in [2.05, 4.69) is 4.74 Å². The van der Waals surface area contributed by atoms with E-state index in [1.54, 1.807) is 20.8 Å². The Morgan fingerprint density at radius 1 is 1.41 bits per heavy atom. The Balaban J connectivity index is 0.00000242. The first kappa shape index (κ1) is 19.0. The summed E-state index contributed by atoms with van der Waals surface area (Å²) in [5.41, 5.74) is -1.03.